The number of carboxylic acids is 1. The van der Waals surface area contributed by atoms with Crippen LogP contribution in [0, 0.1) is 17.6 Å². The van der Waals surface area contributed by atoms with Gasteiger partial charge in [0.05, 0.1) is 33.3 Å². The first-order valence-corrected chi connectivity index (χ1v) is 14.4. The summed E-state index contributed by atoms with van der Waals surface area (Å²) in [6.07, 6.45) is 4.46. The van der Waals surface area contributed by atoms with Crippen molar-refractivity contribution in [1.82, 2.24) is 9.55 Å². The predicted octanol–water partition coefficient (Wildman–Crippen LogP) is 6.93. The molecule has 1 fully saturated rings. The molecule has 1 unspecified atom stereocenters. The van der Waals surface area contributed by atoms with Crippen molar-refractivity contribution in [3.63, 3.8) is 0 Å². The lowest BCUT2D eigenvalue weighted by molar-refractivity contribution is 0.0696. The van der Waals surface area contributed by atoms with Crippen molar-refractivity contribution in [3.05, 3.63) is 82.9 Å². The Morgan fingerprint density at radius 1 is 1.00 bits per heavy atom. The Labute approximate surface area is 223 Å². The summed E-state index contributed by atoms with van der Waals surface area (Å²) >= 11 is 6.09. The third kappa shape index (κ3) is 5.17. The van der Waals surface area contributed by atoms with E-state index in [1.54, 1.807) is 28.8 Å². The molecule has 198 valence electrons. The molecule has 0 radical (unpaired) electrons. The molecule has 1 heterocycles. The fourth-order valence-corrected chi connectivity index (χ4v) is 7.04. The summed E-state index contributed by atoms with van der Waals surface area (Å²) in [5.74, 6) is -3.20. The zero-order chi connectivity index (χ0) is 27.0. The first-order chi connectivity index (χ1) is 18.1. The average molecular weight is 559 g/mol. The van der Waals surface area contributed by atoms with Gasteiger partial charge in [-0.1, -0.05) is 30.9 Å². The van der Waals surface area contributed by atoms with Gasteiger partial charge in [-0.05, 0) is 67.3 Å². The van der Waals surface area contributed by atoms with Crippen LogP contribution in [0.4, 0.5) is 8.78 Å². The maximum Gasteiger partial charge on any atom is 0.335 e. The number of halogens is 3. The van der Waals surface area contributed by atoms with Crippen molar-refractivity contribution in [2.24, 2.45) is 5.92 Å². The van der Waals surface area contributed by atoms with E-state index in [9.17, 15) is 27.1 Å². The monoisotopic (exact) mass is 558 g/mol. The number of sulfone groups is 1. The summed E-state index contributed by atoms with van der Waals surface area (Å²) in [6, 6.07) is 13.4. The number of fused-ring (bicyclic) bond motifs is 1. The largest absolute Gasteiger partial charge is 0.478 e. The topological polar surface area (TPSA) is 89.3 Å². The zero-order valence-electron chi connectivity index (χ0n) is 20.3. The number of hydrogen-bond donors (Lipinski definition) is 1. The van der Waals surface area contributed by atoms with Crippen LogP contribution in [0.25, 0.3) is 22.4 Å². The van der Waals surface area contributed by atoms with E-state index in [-0.39, 0.29) is 27.6 Å². The highest BCUT2D eigenvalue weighted by Crippen LogP contribution is 2.40. The Hall–Kier alpha value is -3.30. The minimum atomic E-state index is -3.90. The minimum Gasteiger partial charge on any atom is -0.478 e. The van der Waals surface area contributed by atoms with Crippen molar-refractivity contribution in [2.45, 2.75) is 43.0 Å². The Morgan fingerprint density at radius 3 is 2.26 bits per heavy atom. The standard InChI is InChI=1S/C28H25ClF2N2O4S/c29-20-10-6-18(7-11-20)27-32-24-14-22(30)23(31)15-25(24)33(27)26(17-4-2-1-3-5-17)16-38(36,37)21-12-8-19(9-13-21)28(34)35/h6-15,17,26H,1-5,16H2,(H,34,35). The molecule has 1 saturated carbocycles. The molecule has 4 aromatic rings. The smallest absolute Gasteiger partial charge is 0.335 e. The number of rotatable bonds is 7. The molecule has 0 bridgehead atoms. The van der Waals surface area contributed by atoms with E-state index in [4.69, 9.17) is 11.6 Å². The van der Waals surface area contributed by atoms with Crippen LogP contribution in [0.15, 0.2) is 65.6 Å². The number of aromatic carboxylic acids is 1. The number of carboxylic acid groups (broad SMARTS) is 1. The van der Waals surface area contributed by atoms with Crippen LogP contribution < -0.4 is 0 Å². The van der Waals surface area contributed by atoms with Crippen molar-refractivity contribution >= 4 is 38.4 Å². The first-order valence-electron chi connectivity index (χ1n) is 12.3. The molecule has 0 spiro atoms. The van der Waals surface area contributed by atoms with E-state index >= 15 is 0 Å². The van der Waals surface area contributed by atoms with Crippen LogP contribution in [-0.2, 0) is 9.84 Å². The Balaban J connectivity index is 1.68. The Kier molecular flexibility index (Phi) is 7.24. The fourth-order valence-electron chi connectivity index (χ4n) is 5.29. The normalized spacial score (nSPS) is 15.6. The number of hydrogen-bond acceptors (Lipinski definition) is 4. The van der Waals surface area contributed by atoms with Gasteiger partial charge in [-0.3, -0.25) is 0 Å². The molecule has 0 saturated heterocycles. The van der Waals surface area contributed by atoms with Gasteiger partial charge in [-0.25, -0.2) is 27.0 Å². The van der Waals surface area contributed by atoms with E-state index in [1.165, 1.54) is 24.3 Å². The maximum atomic E-state index is 14.5. The predicted molar refractivity (Wildman–Crippen MR) is 141 cm³/mol. The Bertz CT molecular complexity index is 1600. The molecule has 6 nitrogen and oxygen atoms in total. The third-order valence-corrected chi connectivity index (χ3v) is 9.23. The molecule has 1 aromatic heterocycles. The minimum absolute atomic E-state index is 0.00185. The zero-order valence-corrected chi connectivity index (χ0v) is 21.9. The van der Waals surface area contributed by atoms with Crippen LogP contribution in [0.1, 0.15) is 48.5 Å². The summed E-state index contributed by atoms with van der Waals surface area (Å²) < 4.78 is 57.8. The van der Waals surface area contributed by atoms with Gasteiger partial charge in [0.1, 0.15) is 5.82 Å². The van der Waals surface area contributed by atoms with Gasteiger partial charge in [-0.15, -0.1) is 0 Å². The van der Waals surface area contributed by atoms with E-state index in [0.29, 0.717) is 21.9 Å². The van der Waals surface area contributed by atoms with Crippen molar-refractivity contribution < 1.29 is 27.1 Å². The molecule has 3 aromatic carbocycles. The summed E-state index contributed by atoms with van der Waals surface area (Å²) in [5.41, 5.74) is 1.14. The second-order valence-electron chi connectivity index (χ2n) is 9.64. The first kappa shape index (κ1) is 26.3. The molecular weight excluding hydrogens is 534 g/mol. The molecule has 1 aliphatic rings. The molecule has 1 N–H and O–H groups in total. The SMILES string of the molecule is O=C(O)c1ccc(S(=O)(=O)CC(C2CCCCC2)n2c(-c3ccc(Cl)cc3)nc3cc(F)c(F)cc32)cc1. The van der Waals surface area contributed by atoms with Gasteiger partial charge >= 0.3 is 5.97 Å². The van der Waals surface area contributed by atoms with Crippen LogP contribution in [0.2, 0.25) is 5.02 Å². The van der Waals surface area contributed by atoms with Crippen LogP contribution in [-0.4, -0.2) is 34.8 Å². The summed E-state index contributed by atoms with van der Waals surface area (Å²) in [6.45, 7) is 0. The fraction of sp³-hybridized carbons (Fsp3) is 0.286. The number of benzene rings is 3. The molecule has 0 amide bonds. The molecule has 10 heteroatoms. The number of carbonyl (C=O) groups is 1. The van der Waals surface area contributed by atoms with E-state index in [1.807, 2.05) is 0 Å². The lowest BCUT2D eigenvalue weighted by Gasteiger charge is -2.32. The van der Waals surface area contributed by atoms with Crippen molar-refractivity contribution in [2.75, 3.05) is 5.75 Å². The van der Waals surface area contributed by atoms with Gasteiger partial charge in [-0.2, -0.15) is 0 Å². The molecule has 5 rings (SSSR count). The van der Waals surface area contributed by atoms with Gasteiger partial charge in [0.25, 0.3) is 0 Å². The van der Waals surface area contributed by atoms with Crippen LogP contribution >= 0.6 is 11.6 Å². The van der Waals surface area contributed by atoms with Crippen LogP contribution in [0.3, 0.4) is 0 Å². The van der Waals surface area contributed by atoms with Crippen molar-refractivity contribution in [3.8, 4) is 11.4 Å². The molecule has 1 atom stereocenters. The highest BCUT2D eigenvalue weighted by molar-refractivity contribution is 7.91. The number of aromatic nitrogens is 2. The molecule has 1 aliphatic carbocycles. The number of nitrogens with zero attached hydrogens (tertiary/aromatic N) is 2. The second kappa shape index (κ2) is 10.5. The van der Waals surface area contributed by atoms with Gasteiger partial charge in [0, 0.05) is 22.7 Å². The average Bonchev–Trinajstić information content (AvgIpc) is 3.26. The van der Waals surface area contributed by atoms with E-state index in [2.05, 4.69) is 4.98 Å². The molecule has 38 heavy (non-hydrogen) atoms. The van der Waals surface area contributed by atoms with Gasteiger partial charge in [0.2, 0.25) is 0 Å². The highest BCUT2D eigenvalue weighted by Gasteiger charge is 2.34. The van der Waals surface area contributed by atoms with Crippen LogP contribution in [0.5, 0.6) is 0 Å². The van der Waals surface area contributed by atoms with Gasteiger partial charge in [0.15, 0.2) is 21.5 Å². The summed E-state index contributed by atoms with van der Waals surface area (Å²) in [5, 5.41) is 9.70. The second-order valence-corrected chi connectivity index (χ2v) is 12.1. The lowest BCUT2D eigenvalue weighted by atomic mass is 9.84. The van der Waals surface area contributed by atoms with E-state index < -0.39 is 33.5 Å². The lowest BCUT2D eigenvalue weighted by Crippen LogP contribution is -2.29. The third-order valence-electron chi connectivity index (χ3n) is 7.21. The highest BCUT2D eigenvalue weighted by atomic mass is 35.5. The quantitative estimate of drug-likeness (QED) is 0.266. The molecular formula is C28H25ClF2N2O4S. The van der Waals surface area contributed by atoms with Gasteiger partial charge < -0.3 is 9.67 Å². The summed E-state index contributed by atoms with van der Waals surface area (Å²) in [7, 11) is -3.90. The summed E-state index contributed by atoms with van der Waals surface area (Å²) in [4.78, 5) is 15.9. The maximum absolute atomic E-state index is 14.5. The van der Waals surface area contributed by atoms with E-state index in [0.717, 1.165) is 44.2 Å². The number of imidazole rings is 1. The Morgan fingerprint density at radius 2 is 1.63 bits per heavy atom. The molecule has 0 aliphatic heterocycles. The van der Waals surface area contributed by atoms with Crippen molar-refractivity contribution in [1.29, 1.82) is 0 Å².